The van der Waals surface area contributed by atoms with Crippen LogP contribution in [0.4, 0.5) is 0 Å². The summed E-state index contributed by atoms with van der Waals surface area (Å²) >= 11 is -2.53. The van der Waals surface area contributed by atoms with E-state index in [2.05, 4.69) is 4.18 Å². The summed E-state index contributed by atoms with van der Waals surface area (Å²) in [6, 6.07) is 0. The Labute approximate surface area is 71.9 Å². The molecule has 72 valence electrons. The molecule has 1 rings (SSSR count). The molecule has 1 aliphatic rings. The topological polar surface area (TPSA) is 101 Å². The Balaban J connectivity index is 2.64. The van der Waals surface area contributed by atoms with Gasteiger partial charge in [-0.15, -0.1) is 0 Å². The van der Waals surface area contributed by atoms with Crippen molar-refractivity contribution in [1.29, 1.82) is 0 Å². The zero-order valence-corrected chi connectivity index (χ0v) is 7.55. The second-order valence-electron chi connectivity index (χ2n) is 2.50. The van der Waals surface area contributed by atoms with Gasteiger partial charge in [0.05, 0.1) is 17.6 Å². The highest BCUT2D eigenvalue weighted by atomic mass is 32.2. The summed E-state index contributed by atoms with van der Waals surface area (Å²) in [6.45, 7) is 0. The van der Waals surface area contributed by atoms with Gasteiger partial charge >= 0.3 is 11.4 Å². The highest BCUT2D eigenvalue weighted by Crippen LogP contribution is 2.16. The molecule has 8 heteroatoms. The Morgan fingerprint density at radius 2 is 2.00 bits per heavy atom. The first-order chi connectivity index (χ1) is 5.41. The van der Waals surface area contributed by atoms with Crippen LogP contribution in [0.15, 0.2) is 0 Å². The minimum absolute atomic E-state index is 0.402. The molecule has 0 radical (unpaired) electrons. The third-order valence-corrected chi connectivity index (χ3v) is 3.58. The predicted octanol–water partition coefficient (Wildman–Crippen LogP) is -1.70. The number of aliphatic hydroxyl groups excluding tert-OH is 1. The summed E-state index contributed by atoms with van der Waals surface area (Å²) in [5.74, 6) is -0.810. The van der Waals surface area contributed by atoms with Gasteiger partial charge in [-0.1, -0.05) is 0 Å². The average Bonchev–Trinajstić information content (AvgIpc) is 2.03. The highest BCUT2D eigenvalue weighted by molar-refractivity contribution is 7.91. The maximum absolute atomic E-state index is 10.8. The molecule has 1 saturated heterocycles. The van der Waals surface area contributed by atoms with E-state index in [0.29, 0.717) is 0 Å². The standard InChI is InChI=1S/C4H8O6S2/c5-3-1-12(8,9)2-4(3)10-11(6)7/h3-5H,1-2H2,(H,6,7)/t3-,4-/m0/s1. The van der Waals surface area contributed by atoms with E-state index in [0.717, 1.165) is 0 Å². The van der Waals surface area contributed by atoms with Gasteiger partial charge in [0.25, 0.3) is 0 Å². The molecular weight excluding hydrogens is 208 g/mol. The van der Waals surface area contributed by atoms with Crippen molar-refractivity contribution >= 4 is 21.2 Å². The fraction of sp³-hybridized carbons (Fsp3) is 1.00. The first kappa shape index (κ1) is 10.1. The maximum atomic E-state index is 10.8. The molecule has 0 spiro atoms. The summed E-state index contributed by atoms with van der Waals surface area (Å²) in [6.07, 6.45) is -2.29. The maximum Gasteiger partial charge on any atom is 0.302 e. The molecule has 3 atom stereocenters. The van der Waals surface area contributed by atoms with Crippen molar-refractivity contribution in [3.63, 3.8) is 0 Å². The first-order valence-electron chi connectivity index (χ1n) is 3.07. The van der Waals surface area contributed by atoms with Crippen molar-refractivity contribution in [1.82, 2.24) is 0 Å². The summed E-state index contributed by atoms with van der Waals surface area (Å²) in [7, 11) is -3.31. The largest absolute Gasteiger partial charge is 0.389 e. The van der Waals surface area contributed by atoms with Crippen LogP contribution in [-0.4, -0.2) is 46.0 Å². The minimum atomic E-state index is -3.31. The SMILES string of the molecule is O=S(O)O[C@H]1CS(=O)(=O)C[C@@H]1O. The number of aliphatic hydroxyl groups is 1. The lowest BCUT2D eigenvalue weighted by Crippen LogP contribution is -2.27. The van der Waals surface area contributed by atoms with Gasteiger partial charge in [-0.3, -0.25) is 8.74 Å². The van der Waals surface area contributed by atoms with Crippen LogP contribution in [0.2, 0.25) is 0 Å². The molecule has 0 saturated carbocycles. The zero-order chi connectivity index (χ0) is 9.35. The first-order valence-corrected chi connectivity index (χ1v) is 5.92. The summed E-state index contributed by atoms with van der Waals surface area (Å²) in [4.78, 5) is 0. The lowest BCUT2D eigenvalue weighted by atomic mass is 10.3. The van der Waals surface area contributed by atoms with Gasteiger partial charge in [0.1, 0.15) is 6.10 Å². The molecule has 1 unspecified atom stereocenters. The fourth-order valence-electron chi connectivity index (χ4n) is 0.995. The van der Waals surface area contributed by atoms with E-state index in [-0.39, 0.29) is 0 Å². The van der Waals surface area contributed by atoms with E-state index >= 15 is 0 Å². The molecule has 12 heavy (non-hydrogen) atoms. The van der Waals surface area contributed by atoms with Crippen molar-refractivity contribution in [2.75, 3.05) is 11.5 Å². The predicted molar refractivity (Wildman–Crippen MR) is 40.3 cm³/mol. The third-order valence-electron chi connectivity index (χ3n) is 1.48. The van der Waals surface area contributed by atoms with E-state index in [1.54, 1.807) is 0 Å². The lowest BCUT2D eigenvalue weighted by molar-refractivity contribution is 0.0766. The van der Waals surface area contributed by atoms with E-state index in [1.807, 2.05) is 0 Å². The molecule has 6 nitrogen and oxygen atoms in total. The van der Waals surface area contributed by atoms with E-state index in [4.69, 9.17) is 9.66 Å². The van der Waals surface area contributed by atoms with E-state index in [9.17, 15) is 12.6 Å². The number of hydrogen-bond donors (Lipinski definition) is 2. The molecule has 0 aromatic heterocycles. The van der Waals surface area contributed by atoms with Gasteiger partial charge in [0.2, 0.25) is 0 Å². The van der Waals surface area contributed by atoms with Gasteiger partial charge in [-0.2, -0.15) is 4.21 Å². The lowest BCUT2D eigenvalue weighted by Gasteiger charge is -2.08. The van der Waals surface area contributed by atoms with Gasteiger partial charge in [-0.25, -0.2) is 8.42 Å². The van der Waals surface area contributed by atoms with Crippen molar-refractivity contribution in [2.45, 2.75) is 12.2 Å². The van der Waals surface area contributed by atoms with Crippen molar-refractivity contribution in [3.05, 3.63) is 0 Å². The normalized spacial score (nSPS) is 36.5. The van der Waals surface area contributed by atoms with Crippen molar-refractivity contribution in [3.8, 4) is 0 Å². The summed E-state index contributed by atoms with van der Waals surface area (Å²) < 4.78 is 44.2. The van der Waals surface area contributed by atoms with Crippen LogP contribution >= 0.6 is 0 Å². The number of sulfone groups is 1. The smallest absolute Gasteiger partial charge is 0.302 e. The van der Waals surface area contributed by atoms with Crippen LogP contribution in [0.1, 0.15) is 0 Å². The van der Waals surface area contributed by atoms with Crippen LogP contribution < -0.4 is 0 Å². The van der Waals surface area contributed by atoms with Crippen LogP contribution in [0.3, 0.4) is 0 Å². The molecule has 2 N–H and O–H groups in total. The Morgan fingerprint density at radius 1 is 1.42 bits per heavy atom. The highest BCUT2D eigenvalue weighted by Gasteiger charge is 2.38. The molecule has 0 aromatic carbocycles. The Bertz CT molecular complexity index is 282. The summed E-state index contributed by atoms with van der Waals surface area (Å²) in [5, 5.41) is 9.02. The van der Waals surface area contributed by atoms with Gasteiger partial charge in [-0.05, 0) is 0 Å². The monoisotopic (exact) mass is 216 g/mol. The Hall–Kier alpha value is -0.0200. The second kappa shape index (κ2) is 3.38. The van der Waals surface area contributed by atoms with Gasteiger partial charge < -0.3 is 5.11 Å². The quantitative estimate of drug-likeness (QED) is 0.533. The molecular formula is C4H8O6S2. The van der Waals surface area contributed by atoms with Crippen LogP contribution in [-0.2, 0) is 25.4 Å². The van der Waals surface area contributed by atoms with E-state index < -0.39 is 44.9 Å². The van der Waals surface area contributed by atoms with Crippen LogP contribution in [0, 0.1) is 0 Å². The fourth-order valence-corrected chi connectivity index (χ4v) is 3.15. The zero-order valence-electron chi connectivity index (χ0n) is 5.91. The Morgan fingerprint density at radius 3 is 2.33 bits per heavy atom. The van der Waals surface area contributed by atoms with Crippen molar-refractivity contribution < 1.29 is 26.5 Å². The Kier molecular flexibility index (Phi) is 2.84. The molecule has 0 aromatic rings. The average molecular weight is 216 g/mol. The molecule has 0 amide bonds. The molecule has 0 bridgehead atoms. The second-order valence-corrected chi connectivity index (χ2v) is 5.28. The van der Waals surface area contributed by atoms with Crippen LogP contribution in [0.25, 0.3) is 0 Å². The number of hydrogen-bond acceptors (Lipinski definition) is 5. The molecule has 0 aliphatic carbocycles. The molecule has 1 heterocycles. The van der Waals surface area contributed by atoms with Crippen LogP contribution in [0.5, 0.6) is 0 Å². The summed E-state index contributed by atoms with van der Waals surface area (Å²) in [5.41, 5.74) is 0. The molecule has 1 fully saturated rings. The van der Waals surface area contributed by atoms with Gasteiger partial charge in [0, 0.05) is 0 Å². The molecule has 1 aliphatic heterocycles. The minimum Gasteiger partial charge on any atom is -0.389 e. The van der Waals surface area contributed by atoms with E-state index in [1.165, 1.54) is 0 Å². The number of rotatable bonds is 2. The third kappa shape index (κ3) is 2.49. The van der Waals surface area contributed by atoms with Crippen molar-refractivity contribution in [2.24, 2.45) is 0 Å². The van der Waals surface area contributed by atoms with Gasteiger partial charge in [0.15, 0.2) is 9.84 Å².